The number of carboxylic acids is 1. The summed E-state index contributed by atoms with van der Waals surface area (Å²) in [6.07, 6.45) is 9.36. The van der Waals surface area contributed by atoms with Gasteiger partial charge in [0.1, 0.15) is 5.82 Å². The molecule has 0 unspecified atom stereocenters. The van der Waals surface area contributed by atoms with E-state index in [9.17, 15) is 32.7 Å². The van der Waals surface area contributed by atoms with Crippen LogP contribution < -0.4 is 5.32 Å². The van der Waals surface area contributed by atoms with Gasteiger partial charge in [-0.2, -0.15) is 0 Å². The van der Waals surface area contributed by atoms with Gasteiger partial charge in [-0.3, -0.25) is 14.2 Å². The molecule has 7 rings (SSSR count). The summed E-state index contributed by atoms with van der Waals surface area (Å²) >= 11 is 0. The van der Waals surface area contributed by atoms with Crippen LogP contribution in [0, 0.1) is 35.2 Å². The molecular formula is C44H56F3N3O6. The number of hydrogen-bond acceptors (Lipinski definition) is 5. The molecule has 2 aliphatic carbocycles. The number of carboxylic acid groups (broad SMARTS) is 1. The Bertz CT molecular complexity index is 1920. The van der Waals surface area contributed by atoms with Crippen molar-refractivity contribution in [3.05, 3.63) is 70.7 Å². The van der Waals surface area contributed by atoms with E-state index in [0.29, 0.717) is 42.7 Å². The third-order valence-corrected chi connectivity index (χ3v) is 13.5. The molecule has 56 heavy (non-hydrogen) atoms. The quantitative estimate of drug-likeness (QED) is 0.226. The number of carbonyl (C=O) groups is 3. The maximum atomic E-state index is 15.0. The Morgan fingerprint density at radius 3 is 2.32 bits per heavy atom. The van der Waals surface area contributed by atoms with Crippen LogP contribution in [-0.2, 0) is 37.3 Å². The molecule has 304 valence electrons. The van der Waals surface area contributed by atoms with Crippen molar-refractivity contribution < 1.29 is 42.1 Å². The molecule has 2 saturated heterocycles. The normalized spacial score (nSPS) is 29.0. The van der Waals surface area contributed by atoms with Crippen molar-refractivity contribution in [2.24, 2.45) is 17.8 Å². The number of ether oxygens (including phenoxy) is 2. The van der Waals surface area contributed by atoms with Crippen molar-refractivity contribution >= 4 is 28.8 Å². The van der Waals surface area contributed by atoms with Gasteiger partial charge in [-0.25, -0.2) is 18.0 Å². The number of aromatic nitrogens is 1. The standard InChI is InChI=1S/C44H56F3N3O6/c1-4-39-35(22-28-5-10-32(11-6-28)56-33-15-19-55-20-16-33)34-12-9-31(45)24-40(34)50(39)43(54)49-18-17-44(25-27(49)3,30-8-13-36(46)37(47)23-30)42(53)48-38-14-7-29(41(51)52)21-26(38)2/h8-9,12-13,23-24,26-29,32-33,38H,4-7,10-11,14-22,25H2,1-3H3,(H,48,53)(H,51,52)/t26-,27-,28?,29-,32?,38-,44-/m0/s1. The monoisotopic (exact) mass is 779 g/mol. The van der Waals surface area contributed by atoms with Crippen molar-refractivity contribution in [3.8, 4) is 0 Å². The number of amides is 2. The first kappa shape index (κ1) is 40.3. The minimum absolute atomic E-state index is 0.0977. The zero-order chi connectivity index (χ0) is 39.7. The summed E-state index contributed by atoms with van der Waals surface area (Å²) in [5.74, 6) is -3.87. The van der Waals surface area contributed by atoms with E-state index >= 15 is 0 Å². The van der Waals surface area contributed by atoms with Crippen LogP contribution in [0.5, 0.6) is 0 Å². The number of carbonyl (C=O) groups excluding carboxylic acids is 2. The van der Waals surface area contributed by atoms with E-state index in [1.807, 2.05) is 20.8 Å². The van der Waals surface area contributed by atoms with Crippen molar-refractivity contribution in [2.75, 3.05) is 19.8 Å². The fourth-order valence-corrected chi connectivity index (χ4v) is 10.2. The van der Waals surface area contributed by atoms with E-state index in [2.05, 4.69) is 5.32 Å². The van der Waals surface area contributed by atoms with Crippen LogP contribution >= 0.6 is 0 Å². The Kier molecular flexibility index (Phi) is 12.2. The van der Waals surface area contributed by atoms with Gasteiger partial charge in [-0.1, -0.05) is 19.9 Å². The molecule has 2 saturated carbocycles. The average Bonchev–Trinajstić information content (AvgIpc) is 3.49. The summed E-state index contributed by atoms with van der Waals surface area (Å²) in [7, 11) is 0. The van der Waals surface area contributed by atoms with E-state index in [1.165, 1.54) is 18.2 Å². The van der Waals surface area contributed by atoms with Crippen LogP contribution in [0.15, 0.2) is 36.4 Å². The molecule has 4 fully saturated rings. The number of nitrogens with one attached hydrogen (secondary N) is 1. The van der Waals surface area contributed by atoms with Gasteiger partial charge in [0, 0.05) is 42.9 Å². The van der Waals surface area contributed by atoms with Crippen LogP contribution in [0.25, 0.3) is 10.9 Å². The predicted octanol–water partition coefficient (Wildman–Crippen LogP) is 8.31. The molecule has 2 N–H and O–H groups in total. The molecule has 2 aliphatic heterocycles. The Morgan fingerprint density at radius 2 is 1.66 bits per heavy atom. The highest BCUT2D eigenvalue weighted by Crippen LogP contribution is 2.42. The number of rotatable bonds is 9. The van der Waals surface area contributed by atoms with Gasteiger partial charge in [-0.05, 0) is 144 Å². The molecule has 9 nitrogen and oxygen atoms in total. The molecule has 1 aromatic heterocycles. The average molecular weight is 780 g/mol. The molecule has 5 atom stereocenters. The lowest BCUT2D eigenvalue weighted by atomic mass is 9.69. The lowest BCUT2D eigenvalue weighted by Gasteiger charge is -2.46. The Hall–Kier alpha value is -3.90. The number of aliphatic carboxylic acids is 1. The van der Waals surface area contributed by atoms with E-state index in [-0.39, 0.29) is 55.5 Å². The predicted molar refractivity (Wildman–Crippen MR) is 206 cm³/mol. The molecule has 3 aromatic rings. The van der Waals surface area contributed by atoms with E-state index in [1.54, 1.807) is 15.5 Å². The summed E-state index contributed by atoms with van der Waals surface area (Å²) in [6, 6.07) is 7.14. The lowest BCUT2D eigenvalue weighted by Crippen LogP contribution is -2.58. The first-order valence-corrected chi connectivity index (χ1v) is 20.7. The Morgan fingerprint density at radius 1 is 0.929 bits per heavy atom. The highest BCUT2D eigenvalue weighted by Gasteiger charge is 2.48. The molecule has 0 spiro atoms. The number of halogens is 3. The number of hydrogen-bond donors (Lipinski definition) is 2. The molecule has 0 bridgehead atoms. The maximum Gasteiger partial charge on any atom is 0.329 e. The van der Waals surface area contributed by atoms with Gasteiger partial charge in [0.15, 0.2) is 11.6 Å². The third-order valence-electron chi connectivity index (χ3n) is 13.5. The van der Waals surface area contributed by atoms with E-state index < -0.39 is 40.8 Å². The largest absolute Gasteiger partial charge is 0.481 e. The number of piperidine rings is 1. The van der Waals surface area contributed by atoms with Crippen LogP contribution in [0.4, 0.5) is 18.0 Å². The Balaban J connectivity index is 1.12. The first-order valence-electron chi connectivity index (χ1n) is 20.7. The third kappa shape index (κ3) is 8.10. The van der Waals surface area contributed by atoms with Crippen LogP contribution in [0.1, 0.15) is 108 Å². The molecule has 2 amide bonds. The summed E-state index contributed by atoms with van der Waals surface area (Å²) in [6.45, 7) is 7.45. The lowest BCUT2D eigenvalue weighted by molar-refractivity contribution is -0.143. The number of nitrogens with zero attached hydrogens (tertiary/aromatic N) is 2. The van der Waals surface area contributed by atoms with Gasteiger partial charge < -0.3 is 24.8 Å². The second-order valence-corrected chi connectivity index (χ2v) is 17.0. The van der Waals surface area contributed by atoms with E-state index in [4.69, 9.17) is 9.47 Å². The van der Waals surface area contributed by atoms with Gasteiger partial charge in [-0.15, -0.1) is 0 Å². The maximum absolute atomic E-state index is 15.0. The highest BCUT2D eigenvalue weighted by molar-refractivity contribution is 5.96. The zero-order valence-corrected chi connectivity index (χ0v) is 32.8. The summed E-state index contributed by atoms with van der Waals surface area (Å²) in [5.41, 5.74) is 1.50. The smallest absolute Gasteiger partial charge is 0.329 e. The van der Waals surface area contributed by atoms with Gasteiger partial charge in [0.25, 0.3) is 0 Å². The van der Waals surface area contributed by atoms with Crippen molar-refractivity contribution in [1.82, 2.24) is 14.8 Å². The SMILES string of the molecule is CCc1c(CC2CCC(OC3CCOCC3)CC2)c2ccc(F)cc2n1C(=O)N1CC[C@@](C(=O)N[C@H]2CC[C@H](C(=O)O)C[C@@H]2C)(c2ccc(F)c(F)c2)C[C@@H]1C. The van der Waals surface area contributed by atoms with Crippen LogP contribution in [0.3, 0.4) is 0 Å². The molecule has 3 heterocycles. The fourth-order valence-electron chi connectivity index (χ4n) is 10.2. The number of fused-ring (bicyclic) bond motifs is 1. The second-order valence-electron chi connectivity index (χ2n) is 17.0. The summed E-state index contributed by atoms with van der Waals surface area (Å²) < 4.78 is 57.6. The molecule has 4 aliphatic rings. The topological polar surface area (TPSA) is 110 Å². The summed E-state index contributed by atoms with van der Waals surface area (Å²) in [5, 5.41) is 13.6. The second kappa shape index (κ2) is 16.9. The fraction of sp³-hybridized carbons (Fsp3) is 0.614. The van der Waals surface area contributed by atoms with Crippen molar-refractivity contribution in [1.29, 1.82) is 0 Å². The molecule has 0 radical (unpaired) electrons. The van der Waals surface area contributed by atoms with E-state index in [0.717, 1.165) is 86.9 Å². The summed E-state index contributed by atoms with van der Waals surface area (Å²) in [4.78, 5) is 42.6. The Labute approximate surface area is 327 Å². The first-order chi connectivity index (χ1) is 26.9. The van der Waals surface area contributed by atoms with Crippen LogP contribution in [-0.4, -0.2) is 76.5 Å². The highest BCUT2D eigenvalue weighted by atomic mass is 19.2. The zero-order valence-electron chi connectivity index (χ0n) is 32.8. The van der Waals surface area contributed by atoms with Gasteiger partial charge >= 0.3 is 12.0 Å². The minimum Gasteiger partial charge on any atom is -0.481 e. The van der Waals surface area contributed by atoms with Crippen molar-refractivity contribution in [3.63, 3.8) is 0 Å². The van der Waals surface area contributed by atoms with Crippen LogP contribution in [0.2, 0.25) is 0 Å². The molecular weight excluding hydrogens is 723 g/mol. The molecule has 12 heteroatoms. The van der Waals surface area contributed by atoms with Crippen molar-refractivity contribution in [2.45, 2.75) is 134 Å². The number of benzene rings is 2. The van der Waals surface area contributed by atoms with Gasteiger partial charge in [0.2, 0.25) is 5.91 Å². The van der Waals surface area contributed by atoms with Gasteiger partial charge in [0.05, 0.1) is 29.1 Å². The minimum atomic E-state index is -1.27. The number of likely N-dealkylation sites (tertiary alicyclic amines) is 1. The molecule has 2 aromatic carbocycles.